The maximum atomic E-state index is 12.7. The molecular weight excluding hydrogens is 386 g/mol. The lowest BCUT2D eigenvalue weighted by molar-refractivity contribution is 0.0938. The van der Waals surface area contributed by atoms with E-state index in [4.69, 9.17) is 0 Å². The fourth-order valence-electron chi connectivity index (χ4n) is 3.44. The van der Waals surface area contributed by atoms with Crippen LogP contribution in [0.15, 0.2) is 57.8 Å². The summed E-state index contributed by atoms with van der Waals surface area (Å²) in [5, 5.41) is 2.96. The molecule has 1 heterocycles. The first-order valence-corrected chi connectivity index (χ1v) is 11.3. The highest BCUT2D eigenvalue weighted by atomic mass is 32.2. The molecule has 0 aromatic heterocycles. The third-order valence-electron chi connectivity index (χ3n) is 4.97. The minimum Gasteiger partial charge on any atom is -0.350 e. The highest BCUT2D eigenvalue weighted by Crippen LogP contribution is 2.32. The second-order valence-corrected chi connectivity index (χ2v) is 8.92. The molecule has 1 atom stereocenters. The fourth-order valence-corrected chi connectivity index (χ4v) is 4.71. The van der Waals surface area contributed by atoms with Gasteiger partial charge in [-0.1, -0.05) is 37.3 Å². The summed E-state index contributed by atoms with van der Waals surface area (Å²) in [4.78, 5) is 14.6. The summed E-state index contributed by atoms with van der Waals surface area (Å²) in [5.41, 5.74) is 2.12. The van der Waals surface area contributed by atoms with Crippen molar-refractivity contribution in [3.63, 3.8) is 0 Å². The molecule has 0 spiro atoms. The molecule has 7 heteroatoms. The second-order valence-electron chi connectivity index (χ2n) is 7.35. The van der Waals surface area contributed by atoms with Crippen LogP contribution in [0.3, 0.4) is 0 Å². The average molecular weight is 414 g/mol. The molecule has 0 saturated carbocycles. The molecule has 3 rings (SSSR count). The molecule has 0 aliphatic carbocycles. The van der Waals surface area contributed by atoms with E-state index in [0.29, 0.717) is 23.6 Å². The van der Waals surface area contributed by atoms with Crippen molar-refractivity contribution in [1.82, 2.24) is 5.32 Å². The molecule has 1 amide bonds. The number of amides is 1. The number of nitrogens with one attached hydrogen (secondary N) is 1. The lowest BCUT2D eigenvalue weighted by atomic mass is 10.1. The summed E-state index contributed by atoms with van der Waals surface area (Å²) in [5.74, 6) is 0.169. The van der Waals surface area contributed by atoms with Crippen molar-refractivity contribution in [3.05, 3.63) is 59.7 Å². The zero-order chi connectivity index (χ0) is 21.0. The molecule has 0 radical (unpaired) electrons. The number of carbonyl (C=O) groups is 1. The van der Waals surface area contributed by atoms with Gasteiger partial charge in [0.05, 0.1) is 5.69 Å². The van der Waals surface area contributed by atoms with E-state index in [1.165, 1.54) is 11.6 Å². The molecule has 1 N–H and O–H groups in total. The van der Waals surface area contributed by atoms with Crippen LogP contribution in [0.5, 0.6) is 0 Å². The fraction of sp³-hybridized carbons (Fsp3) is 0.364. The van der Waals surface area contributed by atoms with Crippen LogP contribution < -0.4 is 10.2 Å². The first-order valence-electron chi connectivity index (χ1n) is 9.89. The van der Waals surface area contributed by atoms with E-state index in [0.717, 1.165) is 19.3 Å². The number of aryl methyl sites for hydroxylation is 1. The normalized spacial score (nSPS) is 16.0. The van der Waals surface area contributed by atoms with Gasteiger partial charge >= 0.3 is 0 Å². The van der Waals surface area contributed by atoms with Crippen LogP contribution in [0.25, 0.3) is 0 Å². The van der Waals surface area contributed by atoms with Crippen molar-refractivity contribution >= 4 is 27.5 Å². The van der Waals surface area contributed by atoms with E-state index in [-0.39, 0.29) is 16.8 Å². The van der Waals surface area contributed by atoms with Crippen LogP contribution in [-0.2, 0) is 16.4 Å². The first kappa shape index (κ1) is 21.0. The number of carbonyl (C=O) groups excluding carboxylic acids is 1. The maximum Gasteiger partial charge on any atom is 0.286 e. The van der Waals surface area contributed by atoms with Gasteiger partial charge in [0.2, 0.25) is 0 Å². The molecular formula is C22H27N3O3S. The number of amidine groups is 1. The van der Waals surface area contributed by atoms with Crippen molar-refractivity contribution in [2.45, 2.75) is 51.0 Å². The summed E-state index contributed by atoms with van der Waals surface area (Å²) in [6, 6.07) is 14.9. The van der Waals surface area contributed by atoms with Gasteiger partial charge in [-0.15, -0.1) is 4.40 Å². The molecule has 2 aromatic rings. The average Bonchev–Trinajstić information content (AvgIpc) is 2.69. The molecule has 0 fully saturated rings. The van der Waals surface area contributed by atoms with Gasteiger partial charge in [-0.3, -0.25) is 4.79 Å². The van der Waals surface area contributed by atoms with E-state index in [2.05, 4.69) is 21.8 Å². The van der Waals surface area contributed by atoms with Gasteiger partial charge in [-0.25, -0.2) is 0 Å². The molecule has 6 nitrogen and oxygen atoms in total. The van der Waals surface area contributed by atoms with E-state index in [9.17, 15) is 13.2 Å². The molecule has 0 unspecified atom stereocenters. The van der Waals surface area contributed by atoms with E-state index >= 15 is 0 Å². The molecule has 154 valence electrons. The summed E-state index contributed by atoms with van der Waals surface area (Å²) in [7, 11) is -3.81. The Labute approximate surface area is 172 Å². The topological polar surface area (TPSA) is 78.8 Å². The Balaban J connectivity index is 1.74. The molecule has 2 aromatic carbocycles. The van der Waals surface area contributed by atoms with Crippen molar-refractivity contribution in [2.24, 2.45) is 4.40 Å². The van der Waals surface area contributed by atoms with Gasteiger partial charge in [0.15, 0.2) is 0 Å². The van der Waals surface area contributed by atoms with Crippen molar-refractivity contribution < 1.29 is 13.2 Å². The van der Waals surface area contributed by atoms with Crippen molar-refractivity contribution in [3.8, 4) is 0 Å². The summed E-state index contributed by atoms with van der Waals surface area (Å²) in [6.45, 7) is 6.33. The van der Waals surface area contributed by atoms with Crippen molar-refractivity contribution in [2.75, 3.05) is 11.4 Å². The predicted molar refractivity (Wildman–Crippen MR) is 116 cm³/mol. The van der Waals surface area contributed by atoms with Crippen LogP contribution in [0.2, 0.25) is 0 Å². The number of fused-ring (bicyclic) bond motifs is 1. The predicted octanol–water partition coefficient (Wildman–Crippen LogP) is 3.77. The maximum absolute atomic E-state index is 12.7. The molecule has 0 bridgehead atoms. The van der Waals surface area contributed by atoms with Crippen molar-refractivity contribution in [1.29, 1.82) is 0 Å². The Morgan fingerprint density at radius 1 is 1.17 bits per heavy atom. The Kier molecular flexibility index (Phi) is 6.37. The van der Waals surface area contributed by atoms with Gasteiger partial charge in [0.1, 0.15) is 10.7 Å². The Bertz CT molecular complexity index is 1020. The number of hydrogen-bond donors (Lipinski definition) is 1. The van der Waals surface area contributed by atoms with Gasteiger partial charge in [-0.05, 0) is 56.9 Å². The summed E-state index contributed by atoms with van der Waals surface area (Å²) >= 11 is 0. The van der Waals surface area contributed by atoms with Crippen LogP contribution in [0.1, 0.15) is 49.5 Å². The SMILES string of the molecule is CCCN1C(C)=NS(=O)(=O)c2cc(C(=O)N[C@H](C)CCc3ccccc3)ccc21. The van der Waals surface area contributed by atoms with E-state index in [1.54, 1.807) is 19.1 Å². The zero-order valence-corrected chi connectivity index (χ0v) is 17.9. The van der Waals surface area contributed by atoms with Gasteiger partial charge in [0, 0.05) is 18.2 Å². The molecule has 1 aliphatic rings. The van der Waals surface area contributed by atoms with Gasteiger partial charge in [0.25, 0.3) is 15.9 Å². The van der Waals surface area contributed by atoms with Crippen LogP contribution in [0, 0.1) is 0 Å². The van der Waals surface area contributed by atoms with E-state index in [1.807, 2.05) is 36.9 Å². The zero-order valence-electron chi connectivity index (χ0n) is 17.1. The highest BCUT2D eigenvalue weighted by molar-refractivity contribution is 7.90. The Hall–Kier alpha value is -2.67. The minimum atomic E-state index is -3.81. The highest BCUT2D eigenvalue weighted by Gasteiger charge is 2.29. The third-order valence-corrected chi connectivity index (χ3v) is 6.35. The quantitative estimate of drug-likeness (QED) is 0.749. The number of nitrogens with zero attached hydrogens (tertiary/aromatic N) is 2. The summed E-state index contributed by atoms with van der Waals surface area (Å²) in [6.07, 6.45) is 2.51. The van der Waals surface area contributed by atoms with Crippen LogP contribution >= 0.6 is 0 Å². The molecule has 29 heavy (non-hydrogen) atoms. The lowest BCUT2D eigenvalue weighted by Crippen LogP contribution is -2.35. The summed E-state index contributed by atoms with van der Waals surface area (Å²) < 4.78 is 29.0. The lowest BCUT2D eigenvalue weighted by Gasteiger charge is -2.29. The van der Waals surface area contributed by atoms with Crippen LogP contribution in [0.4, 0.5) is 5.69 Å². The van der Waals surface area contributed by atoms with Gasteiger partial charge < -0.3 is 10.2 Å². The van der Waals surface area contributed by atoms with Crippen LogP contribution in [-0.4, -0.2) is 32.7 Å². The number of anilines is 1. The number of rotatable bonds is 7. The molecule has 0 saturated heterocycles. The number of benzene rings is 2. The third kappa shape index (κ3) is 4.85. The minimum absolute atomic E-state index is 0.0350. The number of hydrogen-bond acceptors (Lipinski definition) is 4. The molecule has 1 aliphatic heterocycles. The standard InChI is InChI=1S/C22H27N3O3S/c1-4-14-25-17(3)24-29(27,28)21-15-19(12-13-20(21)25)22(26)23-16(2)10-11-18-8-6-5-7-9-18/h5-9,12-13,15-16H,4,10-11,14H2,1-3H3,(H,23,26)/t16-/m1/s1. The Morgan fingerprint density at radius 3 is 2.59 bits per heavy atom. The van der Waals surface area contributed by atoms with Gasteiger partial charge in [-0.2, -0.15) is 8.42 Å². The Morgan fingerprint density at radius 2 is 1.90 bits per heavy atom. The second kappa shape index (κ2) is 8.78. The monoisotopic (exact) mass is 413 g/mol. The number of sulfonamides is 1. The smallest absolute Gasteiger partial charge is 0.286 e. The largest absolute Gasteiger partial charge is 0.350 e. The van der Waals surface area contributed by atoms with E-state index < -0.39 is 10.0 Å². The first-order chi connectivity index (χ1) is 13.8.